The van der Waals surface area contributed by atoms with Crippen LogP contribution in [0.25, 0.3) is 11.1 Å². The van der Waals surface area contributed by atoms with E-state index in [0.717, 1.165) is 23.1 Å². The van der Waals surface area contributed by atoms with Gasteiger partial charge in [0.05, 0.1) is 0 Å². The van der Waals surface area contributed by atoms with Gasteiger partial charge < -0.3 is 15.8 Å². The van der Waals surface area contributed by atoms with Crippen molar-refractivity contribution in [3.63, 3.8) is 0 Å². The van der Waals surface area contributed by atoms with E-state index >= 15 is 0 Å². The number of carbonyl (C=O) groups excluding carboxylic acids is 2. The van der Waals surface area contributed by atoms with Crippen LogP contribution in [0, 0.1) is 0 Å². The number of nitrogen functional groups attached to an aromatic ring is 1. The smallest absolute Gasteiger partial charge is 0.410 e. The van der Waals surface area contributed by atoms with Crippen molar-refractivity contribution in [2.75, 3.05) is 17.6 Å². The molecule has 0 spiro atoms. The lowest BCUT2D eigenvalue weighted by Gasteiger charge is -2.23. The molecule has 4 rings (SSSR count). The molecule has 3 N–H and O–H groups in total. The number of anilines is 2. The predicted octanol–water partition coefficient (Wildman–Crippen LogP) is 4.68. The second kappa shape index (κ2) is 9.34. The SMILES string of the molecule is Nc1ccc(-c2cccc(NC(=O)[C@@H]3CCCN3C(=O)OCc3ccccc3)c2)cc1. The first-order valence-electron chi connectivity index (χ1n) is 10.3. The maximum Gasteiger partial charge on any atom is 0.410 e. The fourth-order valence-electron chi connectivity index (χ4n) is 3.74. The number of rotatable bonds is 5. The highest BCUT2D eigenvalue weighted by Gasteiger charge is 2.35. The molecular formula is C25H25N3O3. The molecule has 6 nitrogen and oxygen atoms in total. The summed E-state index contributed by atoms with van der Waals surface area (Å²) in [5.74, 6) is -0.205. The van der Waals surface area contributed by atoms with Crippen molar-refractivity contribution in [1.82, 2.24) is 4.90 Å². The summed E-state index contributed by atoms with van der Waals surface area (Å²) in [7, 11) is 0. The Bertz CT molecular complexity index is 1050. The van der Waals surface area contributed by atoms with Crippen LogP contribution >= 0.6 is 0 Å². The predicted molar refractivity (Wildman–Crippen MR) is 121 cm³/mol. The number of carbonyl (C=O) groups is 2. The third kappa shape index (κ3) is 5.04. The Morgan fingerprint density at radius 2 is 1.74 bits per heavy atom. The van der Waals surface area contributed by atoms with Crippen LogP contribution in [-0.4, -0.2) is 29.5 Å². The Balaban J connectivity index is 1.40. The number of nitrogens with one attached hydrogen (secondary N) is 1. The Kier molecular flexibility index (Phi) is 6.17. The second-order valence-corrected chi connectivity index (χ2v) is 7.58. The number of hydrogen-bond acceptors (Lipinski definition) is 4. The summed E-state index contributed by atoms with van der Waals surface area (Å²) in [5.41, 5.74) is 10.0. The molecule has 0 bridgehead atoms. The van der Waals surface area contributed by atoms with Crippen molar-refractivity contribution in [2.24, 2.45) is 0 Å². The molecule has 6 heteroatoms. The summed E-state index contributed by atoms with van der Waals surface area (Å²) in [5, 5.41) is 2.95. The normalized spacial score (nSPS) is 15.5. The lowest BCUT2D eigenvalue weighted by atomic mass is 10.0. The highest BCUT2D eigenvalue weighted by atomic mass is 16.6. The van der Waals surface area contributed by atoms with Crippen molar-refractivity contribution >= 4 is 23.4 Å². The molecule has 0 radical (unpaired) electrons. The minimum atomic E-state index is -0.538. The van der Waals surface area contributed by atoms with Gasteiger partial charge in [0.25, 0.3) is 0 Å². The summed E-state index contributed by atoms with van der Waals surface area (Å²) in [6.45, 7) is 0.700. The quantitative estimate of drug-likeness (QED) is 0.593. The van der Waals surface area contributed by atoms with Crippen LogP contribution in [-0.2, 0) is 16.1 Å². The molecule has 3 aromatic carbocycles. The molecule has 1 fully saturated rings. The lowest BCUT2D eigenvalue weighted by Crippen LogP contribution is -2.43. The number of amides is 2. The zero-order valence-corrected chi connectivity index (χ0v) is 17.2. The summed E-state index contributed by atoms with van der Waals surface area (Å²) in [6.07, 6.45) is 0.922. The van der Waals surface area contributed by atoms with Crippen molar-refractivity contribution in [3.05, 3.63) is 84.4 Å². The first-order chi connectivity index (χ1) is 15.1. The molecular weight excluding hydrogens is 390 g/mol. The number of ether oxygens (including phenoxy) is 1. The first-order valence-corrected chi connectivity index (χ1v) is 10.3. The minimum absolute atomic E-state index is 0.189. The maximum atomic E-state index is 12.9. The molecule has 158 valence electrons. The molecule has 1 aliphatic rings. The number of nitrogens with two attached hydrogens (primary N) is 1. The third-order valence-electron chi connectivity index (χ3n) is 5.37. The monoisotopic (exact) mass is 415 g/mol. The largest absolute Gasteiger partial charge is 0.445 e. The van der Waals surface area contributed by atoms with E-state index in [1.807, 2.05) is 78.9 Å². The minimum Gasteiger partial charge on any atom is -0.445 e. The van der Waals surface area contributed by atoms with Crippen LogP contribution < -0.4 is 11.1 Å². The Hall–Kier alpha value is -3.80. The van der Waals surface area contributed by atoms with Gasteiger partial charge in [-0.05, 0) is 53.8 Å². The third-order valence-corrected chi connectivity index (χ3v) is 5.37. The van der Waals surface area contributed by atoms with Crippen molar-refractivity contribution in [3.8, 4) is 11.1 Å². The number of nitrogens with zero attached hydrogens (tertiary/aromatic N) is 1. The molecule has 1 heterocycles. The van der Waals surface area contributed by atoms with Crippen LogP contribution in [0.2, 0.25) is 0 Å². The van der Waals surface area contributed by atoms with E-state index in [-0.39, 0.29) is 12.5 Å². The van der Waals surface area contributed by atoms with E-state index in [1.165, 1.54) is 4.90 Å². The average molecular weight is 415 g/mol. The Morgan fingerprint density at radius 1 is 0.968 bits per heavy atom. The van der Waals surface area contributed by atoms with E-state index in [4.69, 9.17) is 10.5 Å². The van der Waals surface area contributed by atoms with Crippen molar-refractivity contribution in [2.45, 2.75) is 25.5 Å². The van der Waals surface area contributed by atoms with Gasteiger partial charge in [0.2, 0.25) is 5.91 Å². The van der Waals surface area contributed by atoms with E-state index < -0.39 is 12.1 Å². The lowest BCUT2D eigenvalue weighted by molar-refractivity contribution is -0.120. The van der Waals surface area contributed by atoms with Gasteiger partial charge >= 0.3 is 6.09 Å². The number of likely N-dealkylation sites (tertiary alicyclic amines) is 1. The van der Waals surface area contributed by atoms with Crippen molar-refractivity contribution in [1.29, 1.82) is 0 Å². The molecule has 0 aromatic heterocycles. The van der Waals surface area contributed by atoms with Gasteiger partial charge in [0.1, 0.15) is 12.6 Å². The molecule has 1 atom stereocenters. The summed E-state index contributed by atoms with van der Waals surface area (Å²) < 4.78 is 5.43. The van der Waals surface area contributed by atoms with Crippen LogP contribution in [0.1, 0.15) is 18.4 Å². The van der Waals surface area contributed by atoms with Crippen LogP contribution in [0.15, 0.2) is 78.9 Å². The number of hydrogen-bond donors (Lipinski definition) is 2. The van der Waals surface area contributed by atoms with E-state index in [0.29, 0.717) is 24.3 Å². The fraction of sp³-hybridized carbons (Fsp3) is 0.200. The molecule has 0 saturated carbocycles. The van der Waals surface area contributed by atoms with Gasteiger partial charge in [-0.1, -0.05) is 54.6 Å². The van der Waals surface area contributed by atoms with Crippen molar-refractivity contribution < 1.29 is 14.3 Å². The van der Waals surface area contributed by atoms with E-state index in [9.17, 15) is 9.59 Å². The molecule has 1 aliphatic heterocycles. The van der Waals surface area contributed by atoms with Gasteiger partial charge in [-0.25, -0.2) is 4.79 Å². The summed E-state index contributed by atoms with van der Waals surface area (Å²) >= 11 is 0. The molecule has 1 saturated heterocycles. The summed E-state index contributed by atoms with van der Waals surface area (Å²) in [6, 6.07) is 24.2. The van der Waals surface area contributed by atoms with Gasteiger partial charge in [-0.15, -0.1) is 0 Å². The molecule has 31 heavy (non-hydrogen) atoms. The van der Waals surface area contributed by atoms with Crippen LogP contribution in [0.3, 0.4) is 0 Å². The Morgan fingerprint density at radius 3 is 2.52 bits per heavy atom. The Labute approximate surface area is 181 Å². The topological polar surface area (TPSA) is 84.7 Å². The first kappa shape index (κ1) is 20.5. The molecule has 3 aromatic rings. The molecule has 0 aliphatic carbocycles. The van der Waals surface area contributed by atoms with Gasteiger partial charge in [-0.3, -0.25) is 9.69 Å². The maximum absolute atomic E-state index is 12.9. The fourth-order valence-corrected chi connectivity index (χ4v) is 3.74. The highest BCUT2D eigenvalue weighted by molar-refractivity contribution is 5.97. The van der Waals surface area contributed by atoms with Crippen LogP contribution in [0.4, 0.5) is 16.2 Å². The van der Waals surface area contributed by atoms with Gasteiger partial charge in [0.15, 0.2) is 0 Å². The molecule has 2 amide bonds. The summed E-state index contributed by atoms with van der Waals surface area (Å²) in [4.78, 5) is 27.0. The average Bonchev–Trinajstić information content (AvgIpc) is 3.29. The zero-order valence-electron chi connectivity index (χ0n) is 17.2. The highest BCUT2D eigenvalue weighted by Crippen LogP contribution is 2.25. The standard InChI is InChI=1S/C25H25N3O3/c26-21-13-11-19(12-14-21)20-8-4-9-22(16-20)27-24(29)23-10-5-15-28(23)25(30)31-17-18-6-2-1-3-7-18/h1-4,6-9,11-14,16,23H,5,10,15,17,26H2,(H,27,29)/t23-/m0/s1. The molecule has 0 unspecified atom stereocenters. The number of benzene rings is 3. The zero-order chi connectivity index (χ0) is 21.6. The van der Waals surface area contributed by atoms with Crippen LogP contribution in [0.5, 0.6) is 0 Å². The van der Waals surface area contributed by atoms with E-state index in [2.05, 4.69) is 5.32 Å². The second-order valence-electron chi connectivity index (χ2n) is 7.58. The van der Waals surface area contributed by atoms with E-state index in [1.54, 1.807) is 0 Å². The van der Waals surface area contributed by atoms with Gasteiger partial charge in [0, 0.05) is 17.9 Å². The van der Waals surface area contributed by atoms with Gasteiger partial charge in [-0.2, -0.15) is 0 Å².